The molecule has 0 saturated heterocycles. The summed E-state index contributed by atoms with van der Waals surface area (Å²) in [5.74, 6) is 0. The normalized spacial score (nSPS) is 4.67. The van der Waals surface area contributed by atoms with E-state index in [0.717, 1.165) is 0 Å². The number of hydrogen-bond donors (Lipinski definition) is 0. The predicted octanol–water partition coefficient (Wildman–Crippen LogP) is -2.90. The van der Waals surface area contributed by atoms with Gasteiger partial charge in [-0.1, -0.05) is 0 Å². The molecule has 0 spiro atoms. The molecule has 0 aromatic heterocycles. The molecule has 0 aromatic carbocycles. The van der Waals surface area contributed by atoms with Crippen molar-refractivity contribution < 1.29 is 43.9 Å². The van der Waals surface area contributed by atoms with Gasteiger partial charge in [0.15, 0.2) is 0 Å². The molecule has 0 heterocycles. The van der Waals surface area contributed by atoms with E-state index in [9.17, 15) is 0 Å². The van der Waals surface area contributed by atoms with Crippen LogP contribution in [0.5, 0.6) is 0 Å². The van der Waals surface area contributed by atoms with Crippen molar-refractivity contribution in [2.45, 2.75) is 0 Å². The summed E-state index contributed by atoms with van der Waals surface area (Å²) >= 11 is 0. The van der Waals surface area contributed by atoms with Crippen LogP contribution in [-0.4, -0.2) is 29.4 Å². The van der Waals surface area contributed by atoms with Gasteiger partial charge in [0.05, 0.1) is 17.4 Å². The summed E-state index contributed by atoms with van der Waals surface area (Å²) in [6.45, 7) is 0. The molecule has 9 heavy (non-hydrogen) atoms. The summed E-state index contributed by atoms with van der Waals surface area (Å²) in [4.78, 5) is 16.7. The summed E-state index contributed by atoms with van der Waals surface area (Å²) in [6.07, 6.45) is 0. The average Bonchev–Trinajstić information content (AvgIpc) is 1.39. The molecular formula is H5O5P2SnZn. The molecule has 0 aromatic rings. The largest absolute Gasteiger partial charge is 2.00 e. The Kier molecular flexibility index (Phi) is 195. The maximum Gasteiger partial charge on any atom is 2.00 e. The molecule has 0 rings (SSSR count). The molecule has 0 aliphatic carbocycles. The van der Waals surface area contributed by atoms with Gasteiger partial charge in [0.2, 0.25) is 0 Å². The number of rotatable bonds is 0. The fraction of sp³-hybridized carbons (Fsp3) is 0. The first kappa shape index (κ1) is 31.3. The number of hydrogen-bond acceptors (Lipinski definition) is 4. The van der Waals surface area contributed by atoms with E-state index >= 15 is 0 Å². The Balaban J connectivity index is -0.00000000889. The molecule has 1 radical (unpaired) electrons. The SMILES string of the molecule is O.O=P[O-].O=P[O-].[SnH3].[Zn+2]. The van der Waals surface area contributed by atoms with Crippen molar-refractivity contribution in [3.8, 4) is 0 Å². The van der Waals surface area contributed by atoms with Gasteiger partial charge < -0.3 is 15.3 Å². The third kappa shape index (κ3) is 237. The molecular weight excluding hydrogens is 326 g/mol. The first-order valence-electron chi connectivity index (χ1n) is 0.730. The maximum atomic E-state index is 8.35. The van der Waals surface area contributed by atoms with E-state index in [2.05, 4.69) is 0 Å². The van der Waals surface area contributed by atoms with E-state index in [1.165, 1.54) is 0 Å². The first-order valence-corrected chi connectivity index (χ1v) is 2.19. The minimum absolute atomic E-state index is 0. The van der Waals surface area contributed by atoms with E-state index in [0.29, 0.717) is 0 Å². The zero-order valence-electron chi connectivity index (χ0n) is 4.73. The molecule has 0 unspecified atom stereocenters. The minimum atomic E-state index is -1.08. The molecule has 0 saturated carbocycles. The van der Waals surface area contributed by atoms with Crippen molar-refractivity contribution >= 4 is 41.3 Å². The zero-order chi connectivity index (χ0) is 5.41. The van der Waals surface area contributed by atoms with Crippen LogP contribution in [0.25, 0.3) is 0 Å². The Morgan fingerprint density at radius 3 is 1.00 bits per heavy atom. The van der Waals surface area contributed by atoms with Crippen molar-refractivity contribution in [2.24, 2.45) is 0 Å². The Labute approximate surface area is 84.8 Å². The van der Waals surface area contributed by atoms with Crippen molar-refractivity contribution in [2.75, 3.05) is 0 Å². The molecule has 5 nitrogen and oxygen atoms in total. The van der Waals surface area contributed by atoms with Crippen LogP contribution < -0.4 is 9.79 Å². The van der Waals surface area contributed by atoms with E-state index in [4.69, 9.17) is 18.9 Å². The summed E-state index contributed by atoms with van der Waals surface area (Å²) in [7, 11) is -2.17. The summed E-state index contributed by atoms with van der Waals surface area (Å²) < 4.78 is 16.7. The van der Waals surface area contributed by atoms with Gasteiger partial charge in [-0.15, -0.1) is 0 Å². The van der Waals surface area contributed by atoms with Gasteiger partial charge in [-0.25, -0.2) is 0 Å². The van der Waals surface area contributed by atoms with E-state index in [1.54, 1.807) is 0 Å². The van der Waals surface area contributed by atoms with Crippen molar-refractivity contribution in [1.29, 1.82) is 0 Å². The standard InChI is InChI=1S/2HO2P.H2O.Sn.Zn.3H/c2*1-3-2;;;;;;/h2*(H,1,2);1H2;;;;;/q;;;;+2;;;/p-2. The van der Waals surface area contributed by atoms with Crippen LogP contribution in [0.3, 0.4) is 0 Å². The second-order valence-corrected chi connectivity index (χ2v) is 0.447. The Morgan fingerprint density at radius 1 is 1.00 bits per heavy atom. The van der Waals surface area contributed by atoms with Crippen LogP contribution >= 0.6 is 17.4 Å². The maximum absolute atomic E-state index is 8.35. The first-order chi connectivity index (χ1) is 2.83. The smallest absolute Gasteiger partial charge is 2.00 e. The fourth-order valence-electron chi connectivity index (χ4n) is 0. The van der Waals surface area contributed by atoms with Gasteiger partial charge in [-0.3, -0.25) is 9.13 Å². The van der Waals surface area contributed by atoms with Gasteiger partial charge >= 0.3 is 43.4 Å². The summed E-state index contributed by atoms with van der Waals surface area (Å²) in [5, 5.41) is 0. The van der Waals surface area contributed by atoms with Crippen LogP contribution in [0.15, 0.2) is 0 Å². The van der Waals surface area contributed by atoms with Gasteiger partial charge in [0, 0.05) is 0 Å². The van der Waals surface area contributed by atoms with Crippen LogP contribution in [0.2, 0.25) is 0 Å². The minimum Gasteiger partial charge on any atom is 2.00 e. The van der Waals surface area contributed by atoms with Crippen LogP contribution in [0.1, 0.15) is 0 Å². The van der Waals surface area contributed by atoms with Crippen molar-refractivity contribution in [3.05, 3.63) is 0 Å². The Bertz CT molecular complexity index is 35.9. The molecule has 0 aliphatic rings. The van der Waals surface area contributed by atoms with Gasteiger partial charge in [0.25, 0.3) is 0 Å². The second-order valence-electron chi connectivity index (χ2n) is 0.149. The topological polar surface area (TPSA) is 112 Å². The quantitative estimate of drug-likeness (QED) is 0.350. The Morgan fingerprint density at radius 2 is 1.00 bits per heavy atom. The van der Waals surface area contributed by atoms with Gasteiger partial charge in [0.1, 0.15) is 0 Å². The third-order valence-electron chi connectivity index (χ3n) is 0. The molecule has 0 fully saturated rings. The van der Waals surface area contributed by atoms with Crippen LogP contribution in [0, 0.1) is 0 Å². The van der Waals surface area contributed by atoms with Crippen molar-refractivity contribution in [1.82, 2.24) is 0 Å². The second kappa shape index (κ2) is 56.0. The van der Waals surface area contributed by atoms with E-state index in [-0.39, 0.29) is 48.9 Å². The van der Waals surface area contributed by atoms with E-state index < -0.39 is 17.4 Å². The predicted molar refractivity (Wildman–Crippen MR) is 28.8 cm³/mol. The van der Waals surface area contributed by atoms with Gasteiger partial charge in [-0.05, 0) is 0 Å². The van der Waals surface area contributed by atoms with Crippen molar-refractivity contribution in [3.63, 3.8) is 0 Å². The Hall–Kier alpha value is 1.50. The molecule has 0 amide bonds. The summed E-state index contributed by atoms with van der Waals surface area (Å²) in [5.41, 5.74) is 0. The van der Waals surface area contributed by atoms with Gasteiger partial charge in [-0.2, -0.15) is 0 Å². The summed E-state index contributed by atoms with van der Waals surface area (Å²) in [6, 6.07) is 0. The molecule has 0 bridgehead atoms. The molecule has 51 valence electrons. The fourth-order valence-corrected chi connectivity index (χ4v) is 0. The molecule has 0 aliphatic heterocycles. The van der Waals surface area contributed by atoms with Crippen LogP contribution in [0.4, 0.5) is 0 Å². The van der Waals surface area contributed by atoms with Crippen LogP contribution in [-0.2, 0) is 28.6 Å². The monoisotopic (exact) mass is 331 g/mol. The zero-order valence-corrected chi connectivity index (χ0v) is 15.2. The third-order valence-corrected chi connectivity index (χ3v) is 0. The average molecular weight is 331 g/mol. The molecule has 9 heteroatoms. The van der Waals surface area contributed by atoms with E-state index in [1.807, 2.05) is 0 Å². The molecule has 2 N–H and O–H groups in total. The molecule has 0 atom stereocenters.